The second kappa shape index (κ2) is 6.54. The Hall–Kier alpha value is -2.91. The van der Waals surface area contributed by atoms with Gasteiger partial charge >= 0.3 is 12.1 Å². The van der Waals surface area contributed by atoms with Gasteiger partial charge in [-0.1, -0.05) is 25.1 Å². The number of nitrogens with zero attached hydrogens (tertiary/aromatic N) is 3. The van der Waals surface area contributed by atoms with Gasteiger partial charge in [-0.2, -0.15) is 13.2 Å². The number of rotatable bonds is 5. The van der Waals surface area contributed by atoms with Crippen LogP contribution >= 0.6 is 0 Å². The van der Waals surface area contributed by atoms with E-state index in [0.29, 0.717) is 5.69 Å². The summed E-state index contributed by atoms with van der Waals surface area (Å²) in [6, 6.07) is 6.06. The van der Waals surface area contributed by atoms with Gasteiger partial charge in [0.2, 0.25) is 5.91 Å². The van der Waals surface area contributed by atoms with E-state index in [0.717, 1.165) is 13.8 Å². The maximum atomic E-state index is 12.8. The van der Waals surface area contributed by atoms with Crippen molar-refractivity contribution in [3.63, 3.8) is 0 Å². The average Bonchev–Trinajstić information content (AvgIpc) is 2.95. The third kappa shape index (κ3) is 4.34. The van der Waals surface area contributed by atoms with E-state index in [1.165, 1.54) is 23.0 Å². The predicted molar refractivity (Wildman–Crippen MR) is 81.4 cm³/mol. The first-order valence-corrected chi connectivity index (χ1v) is 7.12. The number of halogens is 3. The van der Waals surface area contributed by atoms with Gasteiger partial charge in [-0.25, -0.2) is 9.48 Å². The quantitative estimate of drug-likeness (QED) is 0.859. The van der Waals surface area contributed by atoms with E-state index >= 15 is 0 Å². The van der Waals surface area contributed by atoms with Crippen LogP contribution in [0, 0.1) is 5.41 Å². The van der Waals surface area contributed by atoms with E-state index < -0.39 is 29.9 Å². The highest BCUT2D eigenvalue weighted by molar-refractivity contribution is 5.91. The van der Waals surface area contributed by atoms with Gasteiger partial charge in [-0.05, 0) is 18.2 Å². The van der Waals surface area contributed by atoms with Gasteiger partial charge in [-0.15, -0.1) is 5.10 Å². The zero-order valence-electron chi connectivity index (χ0n) is 13.3. The van der Waals surface area contributed by atoms with Crippen LogP contribution < -0.4 is 5.32 Å². The number of carbonyl (C=O) groups excluding carboxylic acids is 1. The number of alkyl halides is 3. The minimum Gasteiger partial charge on any atom is -0.476 e. The summed E-state index contributed by atoms with van der Waals surface area (Å²) in [6.45, 7) is 1.90. The van der Waals surface area contributed by atoms with E-state index in [4.69, 9.17) is 5.11 Å². The molecule has 2 rings (SSSR count). The van der Waals surface area contributed by atoms with Crippen molar-refractivity contribution in [3.8, 4) is 5.69 Å². The van der Waals surface area contributed by atoms with Crippen molar-refractivity contribution in [2.45, 2.75) is 26.4 Å². The number of carbonyl (C=O) groups is 2. The van der Waals surface area contributed by atoms with Crippen LogP contribution in [-0.4, -0.2) is 38.2 Å². The van der Waals surface area contributed by atoms with Gasteiger partial charge in [0.1, 0.15) is 0 Å². The van der Waals surface area contributed by atoms with Crippen molar-refractivity contribution in [3.05, 3.63) is 36.2 Å². The van der Waals surface area contributed by atoms with Crippen LogP contribution in [0.4, 0.5) is 18.9 Å². The monoisotopic (exact) mass is 356 g/mol. The third-order valence-electron chi connectivity index (χ3n) is 3.48. The van der Waals surface area contributed by atoms with Gasteiger partial charge in [0.25, 0.3) is 0 Å². The highest BCUT2D eigenvalue weighted by atomic mass is 19.4. The van der Waals surface area contributed by atoms with Crippen LogP contribution in [0.1, 0.15) is 30.8 Å². The van der Waals surface area contributed by atoms with E-state index in [2.05, 4.69) is 15.6 Å². The summed E-state index contributed by atoms with van der Waals surface area (Å²) in [5.74, 6) is -2.03. The second-order valence-electron chi connectivity index (χ2n) is 6.01. The van der Waals surface area contributed by atoms with Crippen molar-refractivity contribution in [1.29, 1.82) is 0 Å². The van der Waals surface area contributed by atoms with Crippen LogP contribution in [0.25, 0.3) is 5.69 Å². The number of benzene rings is 1. The van der Waals surface area contributed by atoms with E-state index in [1.54, 1.807) is 12.1 Å². The molecule has 0 aliphatic rings. The molecule has 7 nitrogen and oxygen atoms in total. The Bertz CT molecular complexity index is 799. The molecule has 1 amide bonds. The molecule has 0 unspecified atom stereocenters. The van der Waals surface area contributed by atoms with Crippen molar-refractivity contribution < 1.29 is 27.9 Å². The predicted octanol–water partition coefficient (Wildman–Crippen LogP) is 2.88. The zero-order chi connectivity index (χ0) is 18.8. The first-order chi connectivity index (χ1) is 11.5. The number of carboxylic acids is 1. The van der Waals surface area contributed by atoms with E-state index in [9.17, 15) is 22.8 Å². The molecule has 0 spiro atoms. The Labute approximate surface area is 140 Å². The van der Waals surface area contributed by atoms with Gasteiger partial charge < -0.3 is 10.4 Å². The summed E-state index contributed by atoms with van der Waals surface area (Å²) in [7, 11) is 0. The molecule has 0 saturated carbocycles. The van der Waals surface area contributed by atoms with Gasteiger partial charge in [0.05, 0.1) is 17.3 Å². The molecule has 134 valence electrons. The number of aromatic carboxylic acids is 1. The lowest BCUT2D eigenvalue weighted by atomic mass is 9.88. The zero-order valence-corrected chi connectivity index (χ0v) is 13.3. The van der Waals surface area contributed by atoms with Crippen molar-refractivity contribution in [2.24, 2.45) is 5.41 Å². The smallest absolute Gasteiger partial charge is 0.394 e. The molecule has 0 fully saturated rings. The SMILES string of the molecule is CC(C)(CC(=O)Nc1cccc(-n2cc(C(=O)O)nn2)c1)C(F)(F)F. The molecule has 10 heteroatoms. The molecule has 0 atom stereocenters. The number of hydrogen-bond acceptors (Lipinski definition) is 4. The molecule has 1 aromatic carbocycles. The van der Waals surface area contributed by atoms with Crippen LogP contribution in [0.3, 0.4) is 0 Å². The lowest BCUT2D eigenvalue weighted by Gasteiger charge is -2.26. The normalized spacial score (nSPS) is 12.0. The maximum absolute atomic E-state index is 12.8. The van der Waals surface area contributed by atoms with E-state index in [1.807, 2.05) is 0 Å². The molecule has 1 aromatic heterocycles. The van der Waals surface area contributed by atoms with Crippen LogP contribution in [0.5, 0.6) is 0 Å². The first-order valence-electron chi connectivity index (χ1n) is 7.12. The van der Waals surface area contributed by atoms with E-state index in [-0.39, 0.29) is 11.4 Å². The van der Waals surface area contributed by atoms with Crippen molar-refractivity contribution in [1.82, 2.24) is 15.0 Å². The fraction of sp³-hybridized carbons (Fsp3) is 0.333. The number of amides is 1. The number of aromatic nitrogens is 3. The Morgan fingerprint density at radius 1 is 1.28 bits per heavy atom. The molecule has 0 radical (unpaired) electrons. The summed E-state index contributed by atoms with van der Waals surface area (Å²) in [4.78, 5) is 22.7. The molecule has 0 aliphatic heterocycles. The first kappa shape index (κ1) is 18.4. The number of anilines is 1. The number of nitrogens with one attached hydrogen (secondary N) is 1. The van der Waals surface area contributed by atoms with Crippen molar-refractivity contribution >= 4 is 17.6 Å². The van der Waals surface area contributed by atoms with Crippen molar-refractivity contribution in [2.75, 3.05) is 5.32 Å². The molecule has 25 heavy (non-hydrogen) atoms. The third-order valence-corrected chi connectivity index (χ3v) is 3.48. The largest absolute Gasteiger partial charge is 0.476 e. The second-order valence-corrected chi connectivity index (χ2v) is 6.01. The Balaban J connectivity index is 2.13. The highest BCUT2D eigenvalue weighted by Gasteiger charge is 2.48. The van der Waals surface area contributed by atoms with Gasteiger partial charge in [-0.3, -0.25) is 4.79 Å². The van der Waals surface area contributed by atoms with Gasteiger partial charge in [0.15, 0.2) is 5.69 Å². The molecule has 2 N–H and O–H groups in total. The number of carboxylic acid groups (broad SMARTS) is 1. The molecular weight excluding hydrogens is 341 g/mol. The summed E-state index contributed by atoms with van der Waals surface area (Å²) >= 11 is 0. The lowest BCUT2D eigenvalue weighted by molar-refractivity contribution is -0.213. The van der Waals surface area contributed by atoms with Gasteiger partial charge in [0, 0.05) is 12.1 Å². The average molecular weight is 356 g/mol. The molecule has 2 aromatic rings. The standard InChI is InChI=1S/C15H15F3N4O3/c1-14(2,15(16,17)18)7-12(23)19-9-4-3-5-10(6-9)22-8-11(13(24)25)20-21-22/h3-6,8H,7H2,1-2H3,(H,19,23)(H,24,25). The fourth-order valence-corrected chi connectivity index (χ4v) is 1.92. The summed E-state index contributed by atoms with van der Waals surface area (Å²) in [5.41, 5.74) is -1.76. The Morgan fingerprint density at radius 3 is 2.52 bits per heavy atom. The highest BCUT2D eigenvalue weighted by Crippen LogP contribution is 2.40. The Morgan fingerprint density at radius 2 is 1.96 bits per heavy atom. The van der Waals surface area contributed by atoms with Crippen LogP contribution in [0.15, 0.2) is 30.5 Å². The van der Waals surface area contributed by atoms with Crippen LogP contribution in [0.2, 0.25) is 0 Å². The summed E-state index contributed by atoms with van der Waals surface area (Å²) in [6.07, 6.45) is -4.05. The topological polar surface area (TPSA) is 97.1 Å². The maximum Gasteiger partial charge on any atom is 0.394 e. The molecule has 0 aliphatic carbocycles. The summed E-state index contributed by atoms with van der Waals surface area (Å²) < 4.78 is 39.7. The molecular formula is C15H15F3N4O3. The minimum atomic E-state index is -4.50. The summed E-state index contributed by atoms with van der Waals surface area (Å²) in [5, 5.41) is 18.3. The minimum absolute atomic E-state index is 0.257. The molecule has 0 bridgehead atoms. The lowest BCUT2D eigenvalue weighted by Crippen LogP contribution is -2.35. The molecule has 1 heterocycles. The molecule has 0 saturated heterocycles. The van der Waals surface area contributed by atoms with Crippen LogP contribution in [-0.2, 0) is 4.79 Å². The number of hydrogen-bond donors (Lipinski definition) is 2. The Kier molecular flexibility index (Phi) is 4.82. The fourth-order valence-electron chi connectivity index (χ4n) is 1.92.